The summed E-state index contributed by atoms with van der Waals surface area (Å²) in [7, 11) is 1.84. The Bertz CT molecular complexity index is 1660. The predicted octanol–water partition coefficient (Wildman–Crippen LogP) is 3.74. The number of amides is 2. The molecule has 1 fully saturated rings. The highest BCUT2D eigenvalue weighted by Gasteiger charge is 2.49. The Labute approximate surface area is 242 Å². The number of pyridine rings is 1. The highest BCUT2D eigenvalue weighted by Crippen LogP contribution is 2.35. The van der Waals surface area contributed by atoms with Gasteiger partial charge in [0.05, 0.1) is 0 Å². The maximum atomic E-state index is 13.5. The summed E-state index contributed by atoms with van der Waals surface area (Å²) in [6.07, 6.45) is 4.17. The van der Waals surface area contributed by atoms with Gasteiger partial charge in [0.1, 0.15) is 18.0 Å². The largest absolute Gasteiger partial charge is 0.380 e. The van der Waals surface area contributed by atoms with Gasteiger partial charge >= 0.3 is 0 Å². The van der Waals surface area contributed by atoms with Crippen LogP contribution < -0.4 is 16.2 Å². The minimum absolute atomic E-state index is 0.0137. The third-order valence-corrected chi connectivity index (χ3v) is 7.56. The molecule has 0 unspecified atom stereocenters. The van der Waals surface area contributed by atoms with Crippen molar-refractivity contribution in [3.05, 3.63) is 88.1 Å². The Morgan fingerprint density at radius 1 is 1.05 bits per heavy atom. The van der Waals surface area contributed by atoms with E-state index in [-0.39, 0.29) is 18.0 Å². The molecule has 2 amide bonds. The van der Waals surface area contributed by atoms with Crippen LogP contribution in [-0.4, -0.2) is 47.9 Å². The lowest BCUT2D eigenvalue weighted by molar-refractivity contribution is -0.134. The lowest BCUT2D eigenvalue weighted by Crippen LogP contribution is -2.49. The molecule has 4 aromatic rings. The molecule has 2 heterocycles. The monoisotopic (exact) mass is 574 g/mol. The standard InChI is InChI=1S/C30H31ClN6O4/c1-18(2)37-16-21(7-11-26(37)38)20-6-10-24(31)22(14-20)15-25(34-29(40)30(41)12-13-30)28(39)33-23-8-4-19(5-9-23)27-35-32-17-36(27)3/h4-11,14,16-18,25,41H,12-13,15H2,1-3H3,(H,33,39)(H,34,40)/t25-/m0/s1. The summed E-state index contributed by atoms with van der Waals surface area (Å²) >= 11 is 6.56. The molecule has 1 atom stereocenters. The number of hydrogen-bond acceptors (Lipinski definition) is 6. The molecule has 1 aliphatic rings. The van der Waals surface area contributed by atoms with Gasteiger partial charge in [-0.1, -0.05) is 17.7 Å². The van der Waals surface area contributed by atoms with Gasteiger partial charge in [-0.15, -0.1) is 10.2 Å². The molecule has 3 N–H and O–H groups in total. The van der Waals surface area contributed by atoms with Crippen molar-refractivity contribution in [2.75, 3.05) is 5.32 Å². The van der Waals surface area contributed by atoms with Crippen LogP contribution in [0.15, 0.2) is 71.9 Å². The van der Waals surface area contributed by atoms with Gasteiger partial charge in [0, 0.05) is 48.0 Å². The van der Waals surface area contributed by atoms with Crippen LogP contribution in [0, 0.1) is 0 Å². The van der Waals surface area contributed by atoms with Crippen molar-refractivity contribution in [2.45, 2.75) is 50.8 Å². The molecule has 0 spiro atoms. The average Bonchev–Trinajstić information content (AvgIpc) is 3.56. The number of benzene rings is 2. The molecule has 2 aromatic carbocycles. The summed E-state index contributed by atoms with van der Waals surface area (Å²) < 4.78 is 3.43. The number of nitrogens with zero attached hydrogens (tertiary/aromatic N) is 4. The first-order valence-corrected chi connectivity index (χ1v) is 13.7. The van der Waals surface area contributed by atoms with Crippen molar-refractivity contribution < 1.29 is 14.7 Å². The third-order valence-electron chi connectivity index (χ3n) is 7.19. The zero-order valence-electron chi connectivity index (χ0n) is 23.0. The van der Waals surface area contributed by atoms with Crippen molar-refractivity contribution in [2.24, 2.45) is 7.05 Å². The maximum absolute atomic E-state index is 13.5. The first kappa shape index (κ1) is 28.3. The van der Waals surface area contributed by atoms with Crippen LogP contribution in [0.4, 0.5) is 5.69 Å². The zero-order chi connectivity index (χ0) is 29.3. The zero-order valence-corrected chi connectivity index (χ0v) is 23.7. The number of carbonyl (C=O) groups is 2. The van der Waals surface area contributed by atoms with Gasteiger partial charge in [0.25, 0.3) is 11.5 Å². The van der Waals surface area contributed by atoms with Gasteiger partial charge in [-0.2, -0.15) is 0 Å². The number of carbonyl (C=O) groups excluding carboxylic acids is 2. The van der Waals surface area contributed by atoms with Crippen LogP contribution in [0.3, 0.4) is 0 Å². The van der Waals surface area contributed by atoms with E-state index in [4.69, 9.17) is 11.6 Å². The summed E-state index contributed by atoms with van der Waals surface area (Å²) in [5, 5.41) is 24.3. The van der Waals surface area contributed by atoms with Crippen LogP contribution in [0.25, 0.3) is 22.5 Å². The quantitative estimate of drug-likeness (QED) is 0.279. The van der Waals surface area contributed by atoms with Gasteiger partial charge in [-0.05, 0) is 85.8 Å². The molecule has 1 saturated carbocycles. The molecule has 212 valence electrons. The molecule has 2 aromatic heterocycles. The lowest BCUT2D eigenvalue weighted by atomic mass is 9.99. The maximum Gasteiger partial charge on any atom is 0.252 e. The summed E-state index contributed by atoms with van der Waals surface area (Å²) in [6, 6.07) is 14.8. The van der Waals surface area contributed by atoms with E-state index in [2.05, 4.69) is 20.8 Å². The Kier molecular flexibility index (Phi) is 7.79. The second-order valence-corrected chi connectivity index (χ2v) is 11.1. The van der Waals surface area contributed by atoms with Crippen LogP contribution in [0.1, 0.15) is 38.3 Å². The first-order chi connectivity index (χ1) is 19.5. The molecular formula is C30H31ClN6O4. The van der Waals surface area contributed by atoms with Crippen LogP contribution in [-0.2, 0) is 23.1 Å². The topological polar surface area (TPSA) is 131 Å². The summed E-state index contributed by atoms with van der Waals surface area (Å²) in [5.41, 5.74) is 2.07. The Hall–Kier alpha value is -4.28. The van der Waals surface area contributed by atoms with Gasteiger partial charge in [-0.3, -0.25) is 14.4 Å². The van der Waals surface area contributed by atoms with E-state index in [1.807, 2.05) is 45.2 Å². The van der Waals surface area contributed by atoms with E-state index in [9.17, 15) is 19.5 Å². The number of aromatic nitrogens is 4. The van der Waals surface area contributed by atoms with Gasteiger partial charge in [-0.25, -0.2) is 0 Å². The summed E-state index contributed by atoms with van der Waals surface area (Å²) in [5.74, 6) is -0.362. The second kappa shape index (κ2) is 11.3. The molecule has 0 radical (unpaired) electrons. The molecule has 1 aliphatic carbocycles. The van der Waals surface area contributed by atoms with Crippen molar-refractivity contribution in [3.8, 4) is 22.5 Å². The smallest absolute Gasteiger partial charge is 0.252 e. The van der Waals surface area contributed by atoms with Gasteiger partial charge in [0.2, 0.25) is 5.91 Å². The van der Waals surface area contributed by atoms with Crippen LogP contribution in [0.5, 0.6) is 0 Å². The Balaban J connectivity index is 1.40. The second-order valence-electron chi connectivity index (χ2n) is 10.7. The minimum atomic E-state index is -1.45. The lowest BCUT2D eigenvalue weighted by Gasteiger charge is -2.21. The summed E-state index contributed by atoms with van der Waals surface area (Å²) in [6.45, 7) is 3.86. The Morgan fingerprint density at radius 3 is 2.37 bits per heavy atom. The van der Waals surface area contributed by atoms with Gasteiger partial charge < -0.3 is 24.9 Å². The van der Waals surface area contributed by atoms with E-state index in [1.165, 1.54) is 6.07 Å². The molecular weight excluding hydrogens is 544 g/mol. The predicted molar refractivity (Wildman–Crippen MR) is 156 cm³/mol. The third kappa shape index (κ3) is 6.23. The number of nitrogens with one attached hydrogen (secondary N) is 2. The number of aryl methyl sites for hydroxylation is 1. The number of aliphatic hydroxyl groups is 1. The fourth-order valence-electron chi connectivity index (χ4n) is 4.53. The first-order valence-electron chi connectivity index (χ1n) is 13.3. The van der Waals surface area contributed by atoms with E-state index < -0.39 is 23.5 Å². The van der Waals surface area contributed by atoms with Crippen molar-refractivity contribution in [1.29, 1.82) is 0 Å². The molecule has 10 nitrogen and oxygen atoms in total. The van der Waals surface area contributed by atoms with Crippen molar-refractivity contribution in [1.82, 2.24) is 24.6 Å². The summed E-state index contributed by atoms with van der Waals surface area (Å²) in [4.78, 5) is 38.5. The molecule has 41 heavy (non-hydrogen) atoms. The number of anilines is 1. The normalized spacial score (nSPS) is 14.5. The van der Waals surface area contributed by atoms with Crippen LogP contribution in [0.2, 0.25) is 5.02 Å². The molecule has 0 saturated heterocycles. The van der Waals surface area contributed by atoms with Crippen molar-refractivity contribution in [3.63, 3.8) is 0 Å². The molecule has 0 aliphatic heterocycles. The van der Waals surface area contributed by atoms with Crippen molar-refractivity contribution >= 4 is 29.1 Å². The molecule has 11 heteroatoms. The van der Waals surface area contributed by atoms with Gasteiger partial charge in [0.15, 0.2) is 5.82 Å². The minimum Gasteiger partial charge on any atom is -0.380 e. The highest BCUT2D eigenvalue weighted by molar-refractivity contribution is 6.31. The molecule has 0 bridgehead atoms. The van der Waals surface area contributed by atoms with E-state index >= 15 is 0 Å². The van der Waals surface area contributed by atoms with E-state index in [0.717, 1.165) is 16.7 Å². The molecule has 5 rings (SSSR count). The fraction of sp³-hybridized carbons (Fsp3) is 0.300. The van der Waals surface area contributed by atoms with Crippen LogP contribution >= 0.6 is 11.6 Å². The highest BCUT2D eigenvalue weighted by atomic mass is 35.5. The number of rotatable bonds is 9. The number of halogens is 1. The average molecular weight is 575 g/mol. The Morgan fingerprint density at radius 2 is 1.73 bits per heavy atom. The van der Waals surface area contributed by atoms with E-state index in [1.54, 1.807) is 45.9 Å². The van der Waals surface area contributed by atoms with E-state index in [0.29, 0.717) is 34.9 Å². The number of hydrogen-bond donors (Lipinski definition) is 3. The SMILES string of the molecule is CC(C)n1cc(-c2ccc(Cl)c(C[C@H](NC(=O)C3(O)CC3)C(=O)Nc3ccc(-c4nncn4C)cc3)c2)ccc1=O. The fourth-order valence-corrected chi connectivity index (χ4v) is 4.73.